The van der Waals surface area contributed by atoms with Gasteiger partial charge in [0.25, 0.3) is 0 Å². The zero-order valence-electron chi connectivity index (χ0n) is 16.5. The smallest absolute Gasteiger partial charge is 0.249 e. The largest absolute Gasteiger partial charge is 0.496 e. The third-order valence-electron chi connectivity index (χ3n) is 4.33. The molecule has 0 amide bonds. The van der Waals surface area contributed by atoms with Crippen molar-refractivity contribution >= 4 is 35.0 Å². The summed E-state index contributed by atoms with van der Waals surface area (Å²) >= 11 is 13.6. The van der Waals surface area contributed by atoms with Crippen molar-refractivity contribution < 1.29 is 9.15 Å². The van der Waals surface area contributed by atoms with Crippen LogP contribution in [0.15, 0.2) is 64.7 Å². The summed E-state index contributed by atoms with van der Waals surface area (Å²) < 4.78 is 13.2. The number of halogens is 2. The molecule has 0 aliphatic rings. The van der Waals surface area contributed by atoms with Gasteiger partial charge in [0, 0.05) is 11.6 Å². The Kier molecular flexibility index (Phi) is 6.60. The molecule has 0 N–H and O–H groups in total. The molecule has 0 fully saturated rings. The highest BCUT2D eigenvalue weighted by molar-refractivity contribution is 7.98. The van der Waals surface area contributed by atoms with E-state index >= 15 is 0 Å². The van der Waals surface area contributed by atoms with Crippen LogP contribution in [-0.2, 0) is 12.3 Å². The van der Waals surface area contributed by atoms with Gasteiger partial charge in [-0.2, -0.15) is 0 Å². The van der Waals surface area contributed by atoms with Crippen molar-refractivity contribution in [3.8, 4) is 28.6 Å². The van der Waals surface area contributed by atoms with Crippen molar-refractivity contribution in [1.82, 2.24) is 25.0 Å². The zero-order valence-corrected chi connectivity index (χ0v) is 18.8. The molecule has 0 radical (unpaired) electrons. The number of allylic oxidation sites excluding steroid dienone is 1. The van der Waals surface area contributed by atoms with Crippen molar-refractivity contribution in [2.45, 2.75) is 17.5 Å². The van der Waals surface area contributed by atoms with Crippen LogP contribution in [0.25, 0.3) is 22.8 Å². The van der Waals surface area contributed by atoms with Gasteiger partial charge in [-0.3, -0.25) is 4.57 Å². The fourth-order valence-electron chi connectivity index (χ4n) is 2.93. The van der Waals surface area contributed by atoms with Crippen LogP contribution in [0.5, 0.6) is 5.75 Å². The first-order valence-corrected chi connectivity index (χ1v) is 10.9. The first-order chi connectivity index (χ1) is 15.1. The maximum atomic E-state index is 6.23. The van der Waals surface area contributed by atoms with E-state index in [2.05, 4.69) is 27.0 Å². The van der Waals surface area contributed by atoms with Gasteiger partial charge in [0.1, 0.15) is 5.75 Å². The van der Waals surface area contributed by atoms with Gasteiger partial charge in [0.05, 0.1) is 29.0 Å². The van der Waals surface area contributed by atoms with E-state index in [1.165, 1.54) is 11.8 Å². The van der Waals surface area contributed by atoms with Crippen LogP contribution in [0.4, 0.5) is 0 Å². The van der Waals surface area contributed by atoms with Gasteiger partial charge in [-0.1, -0.05) is 53.2 Å². The van der Waals surface area contributed by atoms with Crippen molar-refractivity contribution in [3.63, 3.8) is 0 Å². The van der Waals surface area contributed by atoms with Gasteiger partial charge in [-0.15, -0.1) is 27.0 Å². The minimum absolute atomic E-state index is 0.333. The van der Waals surface area contributed by atoms with Crippen LogP contribution in [-0.4, -0.2) is 32.1 Å². The average molecular weight is 474 g/mol. The third kappa shape index (κ3) is 4.61. The lowest BCUT2D eigenvalue weighted by Crippen LogP contribution is -2.01. The Labute approximate surface area is 193 Å². The molecule has 2 aromatic heterocycles. The predicted molar refractivity (Wildman–Crippen MR) is 122 cm³/mol. The number of nitrogens with zero attached hydrogens (tertiary/aromatic N) is 5. The molecule has 0 aliphatic carbocycles. The molecular weight excluding hydrogens is 457 g/mol. The minimum Gasteiger partial charge on any atom is -0.496 e. The van der Waals surface area contributed by atoms with E-state index in [-0.39, 0.29) is 0 Å². The Hall–Kier alpha value is -2.81. The monoisotopic (exact) mass is 473 g/mol. The molecule has 7 nitrogen and oxygen atoms in total. The topological polar surface area (TPSA) is 78.9 Å². The van der Waals surface area contributed by atoms with Gasteiger partial charge in [-0.25, -0.2) is 0 Å². The number of methoxy groups -OCH3 is 1. The molecule has 0 saturated carbocycles. The maximum Gasteiger partial charge on any atom is 0.249 e. The summed E-state index contributed by atoms with van der Waals surface area (Å²) in [4.78, 5) is 0. The summed E-state index contributed by atoms with van der Waals surface area (Å²) in [6, 6.07) is 12.8. The summed E-state index contributed by atoms with van der Waals surface area (Å²) in [7, 11) is 1.63. The zero-order chi connectivity index (χ0) is 21.8. The first-order valence-electron chi connectivity index (χ1n) is 9.18. The number of para-hydroxylation sites is 1. The van der Waals surface area contributed by atoms with Gasteiger partial charge >= 0.3 is 0 Å². The second-order valence-corrected chi connectivity index (χ2v) is 8.11. The van der Waals surface area contributed by atoms with Crippen LogP contribution in [0.2, 0.25) is 10.0 Å². The van der Waals surface area contributed by atoms with E-state index in [4.69, 9.17) is 32.4 Å². The highest BCUT2D eigenvalue weighted by atomic mass is 35.5. The molecule has 0 spiro atoms. The molecule has 0 saturated heterocycles. The van der Waals surface area contributed by atoms with E-state index in [1.54, 1.807) is 31.4 Å². The molecule has 0 unspecified atom stereocenters. The molecule has 31 heavy (non-hydrogen) atoms. The molecule has 4 aromatic rings. The highest BCUT2D eigenvalue weighted by Gasteiger charge is 2.18. The van der Waals surface area contributed by atoms with Crippen LogP contribution < -0.4 is 4.74 Å². The summed E-state index contributed by atoms with van der Waals surface area (Å²) in [5.74, 6) is 2.61. The molecular formula is C21H17Cl2N5O2S. The number of hydrogen-bond donors (Lipinski definition) is 0. The van der Waals surface area contributed by atoms with Crippen LogP contribution in [0.3, 0.4) is 0 Å². The first kappa shape index (κ1) is 21.4. The van der Waals surface area contributed by atoms with E-state index in [0.29, 0.717) is 50.7 Å². The van der Waals surface area contributed by atoms with Crippen molar-refractivity contribution in [3.05, 3.63) is 71.1 Å². The van der Waals surface area contributed by atoms with E-state index in [0.717, 1.165) is 11.3 Å². The van der Waals surface area contributed by atoms with Crippen LogP contribution in [0.1, 0.15) is 5.89 Å². The minimum atomic E-state index is 0.333. The highest BCUT2D eigenvalue weighted by Crippen LogP contribution is 2.33. The molecule has 2 aromatic carbocycles. The molecule has 10 heteroatoms. The number of thioether (sulfide) groups is 1. The molecule has 158 valence electrons. The van der Waals surface area contributed by atoms with Crippen molar-refractivity contribution in [2.24, 2.45) is 0 Å². The summed E-state index contributed by atoms with van der Waals surface area (Å²) in [6.45, 7) is 4.38. The maximum absolute atomic E-state index is 6.23. The quantitative estimate of drug-likeness (QED) is 0.236. The van der Waals surface area contributed by atoms with Gasteiger partial charge in [-0.05, 0) is 30.3 Å². The van der Waals surface area contributed by atoms with Gasteiger partial charge in [0.15, 0.2) is 11.0 Å². The van der Waals surface area contributed by atoms with E-state index in [1.807, 2.05) is 28.8 Å². The van der Waals surface area contributed by atoms with Gasteiger partial charge in [0.2, 0.25) is 11.8 Å². The fourth-order valence-corrected chi connectivity index (χ4v) is 4.20. The second-order valence-electron chi connectivity index (χ2n) is 6.32. The lowest BCUT2D eigenvalue weighted by Gasteiger charge is -2.10. The Morgan fingerprint density at radius 3 is 2.71 bits per heavy atom. The third-order valence-corrected chi connectivity index (χ3v) is 5.83. The normalized spacial score (nSPS) is 10.9. The Balaban J connectivity index is 1.56. The average Bonchev–Trinajstić information content (AvgIpc) is 3.39. The lowest BCUT2D eigenvalue weighted by molar-refractivity contribution is 0.416. The van der Waals surface area contributed by atoms with Crippen molar-refractivity contribution in [2.75, 3.05) is 7.11 Å². The molecule has 0 bridgehead atoms. The standard InChI is InChI=1S/C21H17Cl2N5O2S/c1-3-10-28-19(15-6-4-5-7-17(15)29-2)25-27-21(28)31-12-18-24-26-20(30-18)14-9-8-13(22)11-16(14)23/h3-9,11H,1,10,12H2,2H3. The lowest BCUT2D eigenvalue weighted by atomic mass is 10.2. The SMILES string of the molecule is C=CCn1c(SCc2nnc(-c3ccc(Cl)cc3Cl)o2)nnc1-c1ccccc1OC. The van der Waals surface area contributed by atoms with Crippen LogP contribution in [0, 0.1) is 0 Å². The van der Waals surface area contributed by atoms with E-state index in [9.17, 15) is 0 Å². The predicted octanol–water partition coefficient (Wildman–Crippen LogP) is 5.79. The van der Waals surface area contributed by atoms with Crippen LogP contribution >= 0.6 is 35.0 Å². The van der Waals surface area contributed by atoms with E-state index < -0.39 is 0 Å². The molecule has 0 atom stereocenters. The molecule has 0 aliphatic heterocycles. The summed E-state index contributed by atoms with van der Waals surface area (Å²) in [5, 5.41) is 18.6. The Morgan fingerprint density at radius 1 is 1.10 bits per heavy atom. The summed E-state index contributed by atoms with van der Waals surface area (Å²) in [5.41, 5.74) is 1.48. The number of ether oxygens (including phenoxy) is 1. The molecule has 2 heterocycles. The summed E-state index contributed by atoms with van der Waals surface area (Å²) in [6.07, 6.45) is 1.79. The Bertz CT molecular complexity index is 1220. The second kappa shape index (κ2) is 9.55. The Morgan fingerprint density at radius 2 is 1.94 bits per heavy atom. The number of aromatic nitrogens is 5. The number of benzene rings is 2. The molecule has 4 rings (SSSR count). The number of hydrogen-bond acceptors (Lipinski definition) is 7. The van der Waals surface area contributed by atoms with Gasteiger partial charge < -0.3 is 9.15 Å². The van der Waals surface area contributed by atoms with Crippen molar-refractivity contribution in [1.29, 1.82) is 0 Å². The fraction of sp³-hybridized carbons (Fsp3) is 0.143. The number of rotatable bonds is 8.